The minimum absolute atomic E-state index is 0.0219. The highest BCUT2D eigenvalue weighted by Crippen LogP contribution is 2.40. The van der Waals surface area contributed by atoms with Crippen LogP contribution in [0.5, 0.6) is 17.2 Å². The summed E-state index contributed by atoms with van der Waals surface area (Å²) in [6.45, 7) is 1.56. The standard InChI is InChI=1S/C23H23N3O5/c27-19-6-14-9-26(23(28)13-1-3-17-18(5-13)25-11-24-17)10-15(14)7-21(19)31-16-2-4-20-22(8-16)30-12-29-20/h1-5,8,11,14-15,19,21,27H,6-7,9-10,12H2,(H,24,25)/t14-,15+,19+,21+/m0/s1. The van der Waals surface area contributed by atoms with Gasteiger partial charge in [-0.25, -0.2) is 4.98 Å². The zero-order chi connectivity index (χ0) is 20.9. The molecule has 160 valence electrons. The maximum absolute atomic E-state index is 13.1. The number of ether oxygens (including phenoxy) is 3. The number of aromatic amines is 1. The lowest BCUT2D eigenvalue weighted by molar-refractivity contribution is -0.0232. The molecule has 1 saturated heterocycles. The zero-order valence-corrected chi connectivity index (χ0v) is 16.9. The second-order valence-corrected chi connectivity index (χ2v) is 8.57. The van der Waals surface area contributed by atoms with Crippen molar-refractivity contribution in [3.05, 3.63) is 48.3 Å². The Morgan fingerprint density at radius 3 is 2.84 bits per heavy atom. The smallest absolute Gasteiger partial charge is 0.253 e. The SMILES string of the molecule is O=C(c1ccc2nc[nH]c2c1)N1C[C@H]2C[C@@H](Oc3ccc4c(c3)OCO4)[C@H](O)C[C@H]2C1. The topological polar surface area (TPSA) is 96.9 Å². The number of carbonyl (C=O) groups is 1. The lowest BCUT2D eigenvalue weighted by atomic mass is 9.78. The first-order valence-corrected chi connectivity index (χ1v) is 10.6. The predicted molar refractivity (Wildman–Crippen MR) is 111 cm³/mol. The van der Waals surface area contributed by atoms with Gasteiger partial charge in [-0.05, 0) is 55.0 Å². The molecule has 1 saturated carbocycles. The van der Waals surface area contributed by atoms with Gasteiger partial charge >= 0.3 is 0 Å². The van der Waals surface area contributed by atoms with Crippen LogP contribution in [0.3, 0.4) is 0 Å². The van der Waals surface area contributed by atoms with Gasteiger partial charge in [-0.3, -0.25) is 4.79 Å². The quantitative estimate of drug-likeness (QED) is 0.675. The van der Waals surface area contributed by atoms with Crippen LogP contribution in [0.1, 0.15) is 23.2 Å². The number of amides is 1. The van der Waals surface area contributed by atoms with Gasteiger partial charge in [0.15, 0.2) is 11.5 Å². The second-order valence-electron chi connectivity index (χ2n) is 8.57. The fourth-order valence-corrected chi connectivity index (χ4v) is 5.06. The number of imidazole rings is 1. The van der Waals surface area contributed by atoms with Gasteiger partial charge in [0.2, 0.25) is 6.79 Å². The average molecular weight is 421 g/mol. The molecule has 1 amide bonds. The third-order valence-corrected chi connectivity index (χ3v) is 6.67. The highest BCUT2D eigenvalue weighted by molar-refractivity contribution is 5.97. The molecular weight excluding hydrogens is 398 g/mol. The molecule has 3 heterocycles. The van der Waals surface area contributed by atoms with Crippen molar-refractivity contribution in [2.75, 3.05) is 19.9 Å². The first-order valence-electron chi connectivity index (χ1n) is 10.6. The van der Waals surface area contributed by atoms with Crippen LogP contribution < -0.4 is 14.2 Å². The number of nitrogens with one attached hydrogen (secondary N) is 1. The van der Waals surface area contributed by atoms with Gasteiger partial charge in [-0.15, -0.1) is 0 Å². The summed E-state index contributed by atoms with van der Waals surface area (Å²) >= 11 is 0. The van der Waals surface area contributed by atoms with E-state index in [-0.39, 0.29) is 24.7 Å². The molecule has 2 aliphatic heterocycles. The van der Waals surface area contributed by atoms with Crippen LogP contribution in [0, 0.1) is 11.8 Å². The van der Waals surface area contributed by atoms with Gasteiger partial charge in [0.05, 0.1) is 23.5 Å². The van der Waals surface area contributed by atoms with Gasteiger partial charge in [0, 0.05) is 24.7 Å². The van der Waals surface area contributed by atoms with E-state index in [1.165, 1.54) is 0 Å². The number of nitrogens with zero attached hydrogens (tertiary/aromatic N) is 2. The van der Waals surface area contributed by atoms with E-state index in [1.54, 1.807) is 12.4 Å². The largest absolute Gasteiger partial charge is 0.488 e. The van der Waals surface area contributed by atoms with Crippen LogP contribution in [-0.4, -0.2) is 58.0 Å². The van der Waals surface area contributed by atoms with E-state index in [4.69, 9.17) is 14.2 Å². The van der Waals surface area contributed by atoms with E-state index in [9.17, 15) is 9.90 Å². The summed E-state index contributed by atoms with van der Waals surface area (Å²) in [6, 6.07) is 11.0. The third kappa shape index (κ3) is 3.27. The molecule has 6 rings (SSSR count). The predicted octanol–water partition coefficient (Wildman–Crippen LogP) is 2.58. The Balaban J connectivity index is 1.14. The fourth-order valence-electron chi connectivity index (χ4n) is 5.06. The number of hydrogen-bond donors (Lipinski definition) is 2. The summed E-state index contributed by atoms with van der Waals surface area (Å²) in [5, 5.41) is 10.7. The van der Waals surface area contributed by atoms with E-state index in [1.807, 2.05) is 35.2 Å². The number of benzene rings is 2. The highest BCUT2D eigenvalue weighted by atomic mass is 16.7. The molecule has 0 bridgehead atoms. The molecule has 8 heteroatoms. The van der Waals surface area contributed by atoms with E-state index in [0.717, 1.165) is 11.0 Å². The van der Waals surface area contributed by atoms with Gasteiger partial charge in [0.1, 0.15) is 11.9 Å². The number of rotatable bonds is 3. The number of aromatic nitrogens is 2. The molecule has 2 N–H and O–H groups in total. The summed E-state index contributed by atoms with van der Waals surface area (Å²) in [5.41, 5.74) is 2.36. The molecule has 2 fully saturated rings. The summed E-state index contributed by atoms with van der Waals surface area (Å²) in [6.07, 6.45) is 2.10. The molecule has 3 aliphatic rings. The lowest BCUT2D eigenvalue weighted by Crippen LogP contribution is -2.42. The van der Waals surface area contributed by atoms with Crippen LogP contribution in [0.4, 0.5) is 0 Å². The molecule has 1 aromatic heterocycles. The Morgan fingerprint density at radius 1 is 1.10 bits per heavy atom. The normalized spacial score (nSPS) is 26.8. The highest BCUT2D eigenvalue weighted by Gasteiger charge is 2.44. The van der Waals surface area contributed by atoms with Crippen molar-refractivity contribution in [2.45, 2.75) is 25.0 Å². The molecule has 0 unspecified atom stereocenters. The van der Waals surface area contributed by atoms with Crippen molar-refractivity contribution in [3.8, 4) is 17.2 Å². The molecule has 8 nitrogen and oxygen atoms in total. The molecule has 2 aromatic carbocycles. The van der Waals surface area contributed by atoms with Gasteiger partial charge < -0.3 is 29.2 Å². The monoisotopic (exact) mass is 421 g/mol. The molecule has 0 spiro atoms. The summed E-state index contributed by atoms with van der Waals surface area (Å²) in [5.74, 6) is 2.63. The minimum atomic E-state index is -0.567. The minimum Gasteiger partial charge on any atom is -0.488 e. The number of hydrogen-bond acceptors (Lipinski definition) is 6. The van der Waals surface area contributed by atoms with Gasteiger partial charge in [0.25, 0.3) is 5.91 Å². The fraction of sp³-hybridized carbons (Fsp3) is 0.391. The van der Waals surface area contributed by atoms with Crippen molar-refractivity contribution in [1.29, 1.82) is 0 Å². The Hall–Kier alpha value is -3.26. The molecule has 4 atom stereocenters. The van der Waals surface area contributed by atoms with E-state index < -0.39 is 6.10 Å². The Labute approximate surface area is 178 Å². The van der Waals surface area contributed by atoms with Crippen molar-refractivity contribution < 1.29 is 24.1 Å². The van der Waals surface area contributed by atoms with Crippen LogP contribution >= 0.6 is 0 Å². The van der Waals surface area contributed by atoms with Crippen molar-refractivity contribution in [3.63, 3.8) is 0 Å². The van der Waals surface area contributed by atoms with Crippen LogP contribution in [-0.2, 0) is 0 Å². The lowest BCUT2D eigenvalue weighted by Gasteiger charge is -2.35. The summed E-state index contributed by atoms with van der Waals surface area (Å²) < 4.78 is 16.9. The van der Waals surface area contributed by atoms with E-state index in [2.05, 4.69) is 9.97 Å². The maximum atomic E-state index is 13.1. The van der Waals surface area contributed by atoms with Gasteiger partial charge in [-0.1, -0.05) is 0 Å². The molecule has 1 aliphatic carbocycles. The summed E-state index contributed by atoms with van der Waals surface area (Å²) in [7, 11) is 0. The number of H-pyrrole nitrogens is 1. The average Bonchev–Trinajstić information content (AvgIpc) is 3.51. The van der Waals surface area contributed by atoms with Crippen molar-refractivity contribution in [2.24, 2.45) is 11.8 Å². The Kier molecular flexibility index (Phi) is 4.27. The number of carbonyl (C=O) groups excluding carboxylic acids is 1. The number of aliphatic hydroxyl groups excluding tert-OH is 1. The van der Waals surface area contributed by atoms with Crippen LogP contribution in [0.2, 0.25) is 0 Å². The number of fused-ring (bicyclic) bond motifs is 3. The van der Waals surface area contributed by atoms with Crippen molar-refractivity contribution >= 4 is 16.9 Å². The van der Waals surface area contributed by atoms with Crippen LogP contribution in [0.25, 0.3) is 11.0 Å². The number of aliphatic hydroxyl groups is 1. The van der Waals surface area contributed by atoms with Crippen LogP contribution in [0.15, 0.2) is 42.7 Å². The first-order chi connectivity index (χ1) is 15.1. The maximum Gasteiger partial charge on any atom is 0.253 e. The molecular formula is C23H23N3O5. The third-order valence-electron chi connectivity index (χ3n) is 6.67. The Bertz CT molecular complexity index is 1150. The molecule has 31 heavy (non-hydrogen) atoms. The number of likely N-dealkylation sites (tertiary alicyclic amines) is 1. The molecule has 3 aromatic rings. The second kappa shape index (κ2) is 7.16. The molecule has 0 radical (unpaired) electrons. The van der Waals surface area contributed by atoms with Crippen molar-refractivity contribution in [1.82, 2.24) is 14.9 Å². The zero-order valence-electron chi connectivity index (χ0n) is 16.9. The Morgan fingerprint density at radius 2 is 1.94 bits per heavy atom. The van der Waals surface area contributed by atoms with E-state index in [0.29, 0.717) is 54.7 Å². The first kappa shape index (κ1) is 18.5. The van der Waals surface area contributed by atoms with E-state index >= 15 is 0 Å². The van der Waals surface area contributed by atoms with Gasteiger partial charge in [-0.2, -0.15) is 0 Å². The summed E-state index contributed by atoms with van der Waals surface area (Å²) in [4.78, 5) is 22.3.